The number of aliphatic hydroxyl groups excluding tert-OH is 3. The molecule has 4 N–H and O–H groups in total. The van der Waals surface area contributed by atoms with Crippen molar-refractivity contribution < 1.29 is 24.9 Å². The lowest BCUT2D eigenvalue weighted by Gasteiger charge is -2.39. The Hall–Kier alpha value is -0.690. The number of nitrogens with one attached hydrogen (secondary N) is 1. The van der Waals surface area contributed by atoms with E-state index in [0.717, 1.165) is 0 Å². The maximum Gasteiger partial charge on any atom is 0.217 e. The van der Waals surface area contributed by atoms with Crippen molar-refractivity contribution in [2.75, 3.05) is 0 Å². The fourth-order valence-electron chi connectivity index (χ4n) is 1.46. The zero-order chi connectivity index (χ0) is 10.9. The first-order valence-electron chi connectivity index (χ1n) is 4.40. The molecule has 1 aliphatic rings. The fraction of sp³-hybridized carbons (Fsp3) is 0.875. The predicted octanol–water partition coefficient (Wildman–Crippen LogP) is -2.05. The highest BCUT2D eigenvalue weighted by Gasteiger charge is 2.42. The minimum atomic E-state index is -1.38. The van der Waals surface area contributed by atoms with E-state index in [1.165, 1.54) is 6.92 Å². The highest BCUT2D eigenvalue weighted by molar-refractivity contribution is 5.73. The normalized spacial score (nSPS) is 43.4. The third kappa shape index (κ3) is 2.21. The molecule has 1 saturated heterocycles. The molecule has 0 unspecified atom stereocenters. The lowest BCUT2D eigenvalue weighted by atomic mass is 9.97. The molecule has 0 bridgehead atoms. The number of carbonyl (C=O) groups is 1. The average Bonchev–Trinajstić information content (AvgIpc) is 2.09. The summed E-state index contributed by atoms with van der Waals surface area (Å²) in [6.45, 7) is 2.82. The van der Waals surface area contributed by atoms with Gasteiger partial charge in [-0.3, -0.25) is 4.79 Å². The minimum Gasteiger partial charge on any atom is -0.388 e. The first-order valence-corrected chi connectivity index (χ1v) is 4.40. The SMILES string of the molecule is CC(=O)N[C@@H]1[C@@H](O)[C@@H](O)O[C@H](C)[C@H]1O. The third-order valence-corrected chi connectivity index (χ3v) is 2.23. The second-order valence-electron chi connectivity index (χ2n) is 3.44. The van der Waals surface area contributed by atoms with Crippen molar-refractivity contribution in [1.82, 2.24) is 5.32 Å². The van der Waals surface area contributed by atoms with Crippen molar-refractivity contribution >= 4 is 5.91 Å². The van der Waals surface area contributed by atoms with Gasteiger partial charge in [-0.2, -0.15) is 0 Å². The van der Waals surface area contributed by atoms with Crippen molar-refractivity contribution in [2.24, 2.45) is 0 Å². The lowest BCUT2D eigenvalue weighted by molar-refractivity contribution is -0.251. The Morgan fingerprint density at radius 3 is 2.36 bits per heavy atom. The molecule has 5 atom stereocenters. The van der Waals surface area contributed by atoms with Crippen LogP contribution in [0.25, 0.3) is 0 Å². The van der Waals surface area contributed by atoms with Crippen molar-refractivity contribution in [2.45, 2.75) is 44.5 Å². The lowest BCUT2D eigenvalue weighted by Crippen LogP contribution is -2.62. The van der Waals surface area contributed by atoms with Gasteiger partial charge in [0.25, 0.3) is 0 Å². The molecule has 1 amide bonds. The summed E-state index contributed by atoms with van der Waals surface area (Å²) in [5.41, 5.74) is 0. The number of aliphatic hydroxyl groups is 3. The predicted molar refractivity (Wildman–Crippen MR) is 46.2 cm³/mol. The van der Waals surface area contributed by atoms with Crippen LogP contribution in [0.15, 0.2) is 0 Å². The molecule has 0 aromatic rings. The van der Waals surface area contributed by atoms with E-state index in [2.05, 4.69) is 5.32 Å². The van der Waals surface area contributed by atoms with Gasteiger partial charge < -0.3 is 25.4 Å². The van der Waals surface area contributed by atoms with Crippen molar-refractivity contribution in [3.8, 4) is 0 Å². The molecule has 0 aromatic carbocycles. The Kier molecular flexibility index (Phi) is 3.43. The van der Waals surface area contributed by atoms with Crippen LogP contribution in [0.2, 0.25) is 0 Å². The van der Waals surface area contributed by atoms with E-state index in [1.54, 1.807) is 6.92 Å². The summed E-state index contributed by atoms with van der Waals surface area (Å²) in [7, 11) is 0. The average molecular weight is 205 g/mol. The van der Waals surface area contributed by atoms with Crippen LogP contribution >= 0.6 is 0 Å². The van der Waals surface area contributed by atoms with Gasteiger partial charge in [0.15, 0.2) is 6.29 Å². The molecule has 14 heavy (non-hydrogen) atoms. The van der Waals surface area contributed by atoms with Crippen LogP contribution in [-0.4, -0.2) is 51.9 Å². The van der Waals surface area contributed by atoms with Crippen molar-refractivity contribution in [3.63, 3.8) is 0 Å². The van der Waals surface area contributed by atoms with Crippen LogP contribution in [0, 0.1) is 0 Å². The topological polar surface area (TPSA) is 99.0 Å². The highest BCUT2D eigenvalue weighted by Crippen LogP contribution is 2.19. The van der Waals surface area contributed by atoms with Gasteiger partial charge in [0.1, 0.15) is 12.2 Å². The zero-order valence-electron chi connectivity index (χ0n) is 8.04. The standard InChI is InChI=1S/C8H15NO5/c1-3-6(11)5(9-4(2)10)7(12)8(13)14-3/h3,5-8,11-13H,1-2H3,(H,9,10)/t3-,5+,6-,7-,8+/m1/s1. The van der Waals surface area contributed by atoms with Crippen LogP contribution in [0.4, 0.5) is 0 Å². The maximum absolute atomic E-state index is 10.8. The zero-order valence-corrected chi connectivity index (χ0v) is 8.04. The Bertz CT molecular complexity index is 208. The number of rotatable bonds is 1. The van der Waals surface area contributed by atoms with Gasteiger partial charge in [-0.05, 0) is 6.92 Å². The summed E-state index contributed by atoms with van der Waals surface area (Å²) in [6.07, 6.45) is -4.36. The molecule has 0 aliphatic carbocycles. The maximum atomic E-state index is 10.8. The minimum absolute atomic E-state index is 0.380. The first kappa shape index (κ1) is 11.4. The monoisotopic (exact) mass is 205 g/mol. The van der Waals surface area contributed by atoms with E-state index in [4.69, 9.17) is 4.74 Å². The van der Waals surface area contributed by atoms with Crippen LogP contribution in [-0.2, 0) is 9.53 Å². The van der Waals surface area contributed by atoms with Crippen LogP contribution in [0.3, 0.4) is 0 Å². The summed E-state index contributed by atoms with van der Waals surface area (Å²) in [5.74, 6) is -0.380. The van der Waals surface area contributed by atoms with Crippen LogP contribution in [0.5, 0.6) is 0 Å². The number of hydrogen-bond donors (Lipinski definition) is 4. The fourth-order valence-corrected chi connectivity index (χ4v) is 1.46. The number of amides is 1. The summed E-state index contributed by atoms with van der Waals surface area (Å²) < 4.78 is 4.83. The molecule has 1 heterocycles. The van der Waals surface area contributed by atoms with Crippen molar-refractivity contribution in [3.05, 3.63) is 0 Å². The van der Waals surface area contributed by atoms with Gasteiger partial charge in [0.2, 0.25) is 5.91 Å². The van der Waals surface area contributed by atoms with E-state index < -0.39 is 30.6 Å². The van der Waals surface area contributed by atoms with Gasteiger partial charge in [-0.25, -0.2) is 0 Å². The molecule has 6 nitrogen and oxygen atoms in total. The molecular weight excluding hydrogens is 190 g/mol. The van der Waals surface area contributed by atoms with E-state index in [1.807, 2.05) is 0 Å². The highest BCUT2D eigenvalue weighted by atomic mass is 16.6. The molecule has 0 spiro atoms. The molecule has 1 rings (SSSR count). The van der Waals surface area contributed by atoms with Gasteiger partial charge in [-0.1, -0.05) is 0 Å². The number of carbonyl (C=O) groups excluding carboxylic acids is 1. The van der Waals surface area contributed by atoms with Gasteiger partial charge in [0.05, 0.1) is 12.1 Å². The second-order valence-corrected chi connectivity index (χ2v) is 3.44. The van der Waals surface area contributed by atoms with Crippen LogP contribution < -0.4 is 5.32 Å². The molecular formula is C8H15NO5. The smallest absolute Gasteiger partial charge is 0.217 e. The summed E-state index contributed by atoms with van der Waals surface area (Å²) in [6, 6.07) is -0.897. The molecule has 0 radical (unpaired) electrons. The quantitative estimate of drug-likeness (QED) is 0.395. The number of hydrogen-bond acceptors (Lipinski definition) is 5. The molecule has 82 valence electrons. The van der Waals surface area contributed by atoms with Crippen molar-refractivity contribution in [1.29, 1.82) is 0 Å². The van der Waals surface area contributed by atoms with Gasteiger partial charge in [-0.15, -0.1) is 0 Å². The molecule has 6 heteroatoms. The molecule has 0 saturated carbocycles. The van der Waals surface area contributed by atoms with E-state index in [0.29, 0.717) is 0 Å². The largest absolute Gasteiger partial charge is 0.388 e. The van der Waals surface area contributed by atoms with E-state index in [-0.39, 0.29) is 5.91 Å². The third-order valence-electron chi connectivity index (χ3n) is 2.23. The Labute approximate surface area is 81.5 Å². The Morgan fingerprint density at radius 1 is 1.29 bits per heavy atom. The summed E-state index contributed by atoms with van der Waals surface area (Å²) in [5, 5.41) is 30.6. The van der Waals surface area contributed by atoms with E-state index >= 15 is 0 Å². The Balaban J connectivity index is 2.71. The van der Waals surface area contributed by atoms with Crippen LogP contribution in [0.1, 0.15) is 13.8 Å². The molecule has 0 aromatic heterocycles. The van der Waals surface area contributed by atoms with Gasteiger partial charge >= 0.3 is 0 Å². The first-order chi connectivity index (χ1) is 6.43. The Morgan fingerprint density at radius 2 is 1.86 bits per heavy atom. The molecule has 1 aliphatic heterocycles. The second kappa shape index (κ2) is 4.22. The van der Waals surface area contributed by atoms with E-state index in [9.17, 15) is 20.1 Å². The number of ether oxygens (including phenoxy) is 1. The summed E-state index contributed by atoms with van der Waals surface area (Å²) >= 11 is 0. The molecule has 1 fully saturated rings. The van der Waals surface area contributed by atoms with Gasteiger partial charge in [0, 0.05) is 6.92 Å². The summed E-state index contributed by atoms with van der Waals surface area (Å²) in [4.78, 5) is 10.8.